The van der Waals surface area contributed by atoms with E-state index in [2.05, 4.69) is 0 Å². The van der Waals surface area contributed by atoms with Crippen molar-refractivity contribution in [1.82, 2.24) is 0 Å². The average molecular weight is 591 g/mol. The van der Waals surface area contributed by atoms with Gasteiger partial charge in [0.2, 0.25) is 0 Å². The van der Waals surface area contributed by atoms with Crippen LogP contribution in [0.15, 0.2) is 72.8 Å². The van der Waals surface area contributed by atoms with E-state index in [0.29, 0.717) is 6.42 Å². The van der Waals surface area contributed by atoms with Gasteiger partial charge in [0.1, 0.15) is 0 Å². The maximum atomic E-state index is 13.9. The van der Waals surface area contributed by atoms with Crippen LogP contribution in [-0.4, -0.2) is 25.1 Å². The Morgan fingerprint density at radius 2 is 0.805 bits per heavy atom. The Kier molecular flexibility index (Phi) is 9.57. The Hall–Kier alpha value is -3.01. The molecule has 10 heteroatoms. The molecular formula is C31H33F9N+. The van der Waals surface area contributed by atoms with Gasteiger partial charge in [0.05, 0.1) is 37.3 Å². The van der Waals surface area contributed by atoms with Crippen LogP contribution in [0.25, 0.3) is 0 Å². The first-order valence-corrected chi connectivity index (χ1v) is 13.3. The quantitative estimate of drug-likeness (QED) is 0.0954. The molecule has 41 heavy (non-hydrogen) atoms. The fourth-order valence-electron chi connectivity index (χ4n) is 5.59. The Labute approximate surface area is 234 Å². The van der Waals surface area contributed by atoms with Crippen LogP contribution < -0.4 is 0 Å². The van der Waals surface area contributed by atoms with Crippen molar-refractivity contribution >= 4 is 0 Å². The zero-order valence-corrected chi connectivity index (χ0v) is 23.0. The van der Waals surface area contributed by atoms with Gasteiger partial charge < -0.3 is 4.48 Å². The van der Waals surface area contributed by atoms with Crippen molar-refractivity contribution < 1.29 is 44.0 Å². The van der Waals surface area contributed by atoms with Crippen LogP contribution in [0.3, 0.4) is 0 Å². The third kappa shape index (κ3) is 7.08. The maximum Gasteiger partial charge on any atom is 0.416 e. The molecule has 0 spiro atoms. The molecule has 0 radical (unpaired) electrons. The van der Waals surface area contributed by atoms with E-state index in [-0.39, 0.29) is 27.7 Å². The lowest BCUT2D eigenvalue weighted by Crippen LogP contribution is -2.59. The van der Waals surface area contributed by atoms with Gasteiger partial charge in [-0.25, -0.2) is 0 Å². The summed E-state index contributed by atoms with van der Waals surface area (Å²) in [5.74, 6) is 0. The molecule has 224 valence electrons. The molecule has 3 aromatic rings. The van der Waals surface area contributed by atoms with Crippen LogP contribution in [0.2, 0.25) is 0 Å². The topological polar surface area (TPSA) is 0 Å². The zero-order chi connectivity index (χ0) is 30.7. The summed E-state index contributed by atoms with van der Waals surface area (Å²) in [6, 6.07) is 12.4. The predicted molar refractivity (Wildman–Crippen MR) is 140 cm³/mol. The first-order valence-electron chi connectivity index (χ1n) is 13.3. The third-order valence-electron chi connectivity index (χ3n) is 7.55. The van der Waals surface area contributed by atoms with Crippen molar-refractivity contribution in [2.45, 2.75) is 63.1 Å². The highest BCUT2D eigenvalue weighted by molar-refractivity contribution is 5.51. The van der Waals surface area contributed by atoms with Crippen molar-refractivity contribution in [2.75, 3.05) is 20.6 Å². The number of rotatable bonds is 10. The molecule has 0 saturated heterocycles. The summed E-state index contributed by atoms with van der Waals surface area (Å²) in [6.45, 7) is 2.30. The van der Waals surface area contributed by atoms with Crippen LogP contribution in [0.4, 0.5) is 39.5 Å². The number of hydrogen-bond acceptors (Lipinski definition) is 0. The van der Waals surface area contributed by atoms with E-state index < -0.39 is 40.8 Å². The lowest BCUT2D eigenvalue weighted by atomic mass is 9.73. The van der Waals surface area contributed by atoms with E-state index in [9.17, 15) is 39.5 Å². The average Bonchev–Trinajstić information content (AvgIpc) is 2.88. The second-order valence-corrected chi connectivity index (χ2v) is 10.8. The zero-order valence-electron chi connectivity index (χ0n) is 23.0. The Morgan fingerprint density at radius 1 is 0.488 bits per heavy atom. The van der Waals surface area contributed by atoms with Crippen molar-refractivity contribution in [3.8, 4) is 0 Å². The summed E-state index contributed by atoms with van der Waals surface area (Å²) in [5.41, 5.74) is -5.23. The highest BCUT2D eigenvalue weighted by atomic mass is 19.4. The van der Waals surface area contributed by atoms with Gasteiger partial charge in [-0.15, -0.1) is 0 Å². The molecule has 0 fully saturated rings. The van der Waals surface area contributed by atoms with E-state index in [4.69, 9.17) is 0 Å². The van der Waals surface area contributed by atoms with Gasteiger partial charge in [0.15, 0.2) is 5.54 Å². The van der Waals surface area contributed by atoms with Crippen molar-refractivity contribution in [2.24, 2.45) is 0 Å². The molecule has 0 aromatic heterocycles. The maximum absolute atomic E-state index is 13.9. The number of unbranched alkanes of at least 4 members (excludes halogenated alkanes) is 4. The minimum Gasteiger partial charge on any atom is -0.312 e. The Balaban J connectivity index is 2.46. The molecule has 3 rings (SSSR count). The SMILES string of the molecule is CCCCCCC[N+](C)(C)C(c1cccc(C(F)(F)F)c1)(c1cccc(C(F)(F)F)c1)c1cccc(C(F)(F)F)c1. The number of halogens is 9. The summed E-state index contributed by atoms with van der Waals surface area (Å²) in [7, 11) is 3.28. The third-order valence-corrected chi connectivity index (χ3v) is 7.55. The van der Waals surface area contributed by atoms with Crippen molar-refractivity contribution in [3.05, 3.63) is 106 Å². The monoisotopic (exact) mass is 590 g/mol. The van der Waals surface area contributed by atoms with Gasteiger partial charge in [-0.3, -0.25) is 0 Å². The second-order valence-electron chi connectivity index (χ2n) is 10.8. The second kappa shape index (κ2) is 12.1. The number of nitrogens with zero attached hydrogens (tertiary/aromatic N) is 1. The van der Waals surface area contributed by atoms with Crippen LogP contribution in [0.1, 0.15) is 72.4 Å². The van der Waals surface area contributed by atoms with E-state index in [1.54, 1.807) is 14.1 Å². The minimum absolute atomic E-state index is 0.0652. The van der Waals surface area contributed by atoms with E-state index in [0.717, 1.165) is 80.3 Å². The molecule has 3 aromatic carbocycles. The van der Waals surface area contributed by atoms with E-state index >= 15 is 0 Å². The predicted octanol–water partition coefficient (Wildman–Crippen LogP) is 10.1. The van der Waals surface area contributed by atoms with Crippen LogP contribution in [-0.2, 0) is 24.1 Å². The van der Waals surface area contributed by atoms with Gasteiger partial charge in [0, 0.05) is 16.7 Å². The summed E-state index contributed by atoms with van der Waals surface area (Å²) in [5, 5.41) is 0. The molecule has 0 amide bonds. The molecule has 0 aliphatic carbocycles. The van der Waals surface area contributed by atoms with Crippen LogP contribution in [0, 0.1) is 0 Å². The van der Waals surface area contributed by atoms with E-state index in [1.165, 1.54) is 18.2 Å². The summed E-state index contributed by atoms with van der Waals surface area (Å²) >= 11 is 0. The molecule has 0 unspecified atom stereocenters. The number of quaternary nitrogens is 1. The standard InChI is InChI=1S/C31H33F9N/c1-4-5-6-7-8-18-41(2,3)28(22-12-9-15-25(19-22)29(32,33)34,23-13-10-16-26(20-23)30(35,36)37)24-14-11-17-27(21-24)31(38,39)40/h9-17,19-21H,4-8,18H2,1-3H3/q+1. The number of alkyl halides is 9. The molecule has 0 atom stereocenters. The Bertz CT molecular complexity index is 1160. The molecule has 0 saturated carbocycles. The molecule has 0 aliphatic heterocycles. The minimum atomic E-state index is -4.79. The summed E-state index contributed by atoms with van der Waals surface area (Å²) < 4.78 is 125. The van der Waals surface area contributed by atoms with Gasteiger partial charge in [-0.1, -0.05) is 62.6 Å². The largest absolute Gasteiger partial charge is 0.416 e. The molecule has 0 heterocycles. The molecule has 0 bridgehead atoms. The normalized spacial score (nSPS) is 13.5. The lowest BCUT2D eigenvalue weighted by molar-refractivity contribution is -0.936. The molecule has 0 N–H and O–H groups in total. The number of hydrogen-bond donors (Lipinski definition) is 0. The smallest absolute Gasteiger partial charge is 0.312 e. The molecule has 0 aliphatic rings. The summed E-state index contributed by atoms with van der Waals surface area (Å²) in [6.07, 6.45) is -10.3. The lowest BCUT2D eigenvalue weighted by Gasteiger charge is -2.50. The first kappa shape index (κ1) is 32.5. The molecular weight excluding hydrogens is 557 g/mol. The van der Waals surface area contributed by atoms with Gasteiger partial charge >= 0.3 is 18.5 Å². The highest BCUT2D eigenvalue weighted by Gasteiger charge is 2.52. The van der Waals surface area contributed by atoms with Gasteiger partial charge in [0.25, 0.3) is 0 Å². The van der Waals surface area contributed by atoms with Crippen LogP contribution in [0.5, 0.6) is 0 Å². The fourth-order valence-corrected chi connectivity index (χ4v) is 5.59. The van der Waals surface area contributed by atoms with Crippen molar-refractivity contribution in [1.29, 1.82) is 0 Å². The fraction of sp³-hybridized carbons (Fsp3) is 0.419. The van der Waals surface area contributed by atoms with Gasteiger partial charge in [-0.2, -0.15) is 39.5 Å². The number of benzene rings is 3. The Morgan fingerprint density at radius 3 is 1.12 bits per heavy atom. The first-order chi connectivity index (χ1) is 18.9. The summed E-state index contributed by atoms with van der Waals surface area (Å²) in [4.78, 5) is 0. The molecule has 1 nitrogen and oxygen atoms in total. The van der Waals surface area contributed by atoms with Gasteiger partial charge in [-0.05, 0) is 49.2 Å². The van der Waals surface area contributed by atoms with E-state index in [1.807, 2.05) is 6.92 Å². The highest BCUT2D eigenvalue weighted by Crippen LogP contribution is 2.49. The van der Waals surface area contributed by atoms with Crippen LogP contribution >= 0.6 is 0 Å². The van der Waals surface area contributed by atoms with Crippen molar-refractivity contribution in [3.63, 3.8) is 0 Å².